The number of nitrogens with zero attached hydrogens (tertiary/aromatic N) is 1. The first-order valence-corrected chi connectivity index (χ1v) is 9.40. The van der Waals surface area contributed by atoms with Gasteiger partial charge in [0, 0.05) is 12.0 Å². The molecule has 0 unspecified atom stereocenters. The van der Waals surface area contributed by atoms with Gasteiger partial charge in [0.25, 0.3) is 0 Å². The first kappa shape index (κ1) is 21.2. The third-order valence-electron chi connectivity index (χ3n) is 4.23. The van der Waals surface area contributed by atoms with Crippen molar-refractivity contribution in [2.45, 2.75) is 65.9 Å². The van der Waals surface area contributed by atoms with Gasteiger partial charge >= 0.3 is 6.09 Å². The average molecular weight is 376 g/mol. The first-order valence-electron chi connectivity index (χ1n) is 9.40. The van der Waals surface area contributed by atoms with Gasteiger partial charge in [-0.15, -0.1) is 0 Å². The summed E-state index contributed by atoms with van der Waals surface area (Å²) in [7, 11) is 0. The Morgan fingerprint density at radius 3 is 2.26 bits per heavy atom. The number of hydrogen-bond donors (Lipinski definition) is 1. The molecule has 0 spiro atoms. The van der Waals surface area contributed by atoms with Gasteiger partial charge in [0.15, 0.2) is 0 Å². The average Bonchev–Trinajstić information content (AvgIpc) is 2.93. The molecule has 0 aliphatic carbocycles. The maximum atomic E-state index is 12.5. The fourth-order valence-corrected chi connectivity index (χ4v) is 2.83. The molecule has 1 aliphatic rings. The van der Waals surface area contributed by atoms with Crippen molar-refractivity contribution in [2.24, 2.45) is 5.41 Å². The highest BCUT2D eigenvalue weighted by Gasteiger charge is 2.40. The van der Waals surface area contributed by atoms with E-state index in [2.05, 4.69) is 5.32 Å². The molecule has 27 heavy (non-hydrogen) atoms. The van der Waals surface area contributed by atoms with Crippen LogP contribution in [0.5, 0.6) is 0 Å². The van der Waals surface area contributed by atoms with Crippen molar-refractivity contribution < 1.29 is 19.1 Å². The Morgan fingerprint density at radius 2 is 1.70 bits per heavy atom. The Balaban J connectivity index is 2.01. The van der Waals surface area contributed by atoms with Crippen molar-refractivity contribution in [1.29, 1.82) is 0 Å². The van der Waals surface area contributed by atoms with Gasteiger partial charge in [-0.25, -0.2) is 4.79 Å². The van der Waals surface area contributed by atoms with E-state index in [0.29, 0.717) is 13.1 Å². The lowest BCUT2D eigenvalue weighted by atomic mass is 9.95. The van der Waals surface area contributed by atoms with Gasteiger partial charge in [-0.2, -0.15) is 0 Å². The molecule has 1 N–H and O–H groups in total. The molecule has 1 heterocycles. The van der Waals surface area contributed by atoms with Gasteiger partial charge in [0.1, 0.15) is 6.61 Å². The minimum Gasteiger partial charge on any atom is -0.445 e. The second-order valence-corrected chi connectivity index (χ2v) is 9.04. The van der Waals surface area contributed by atoms with Crippen LogP contribution in [0.25, 0.3) is 0 Å². The zero-order chi connectivity index (χ0) is 20.2. The van der Waals surface area contributed by atoms with Gasteiger partial charge < -0.3 is 19.7 Å². The number of hydrogen-bond acceptors (Lipinski definition) is 4. The molecule has 1 aliphatic heterocycles. The van der Waals surface area contributed by atoms with E-state index in [0.717, 1.165) is 5.56 Å². The van der Waals surface area contributed by atoms with Crippen molar-refractivity contribution in [2.75, 3.05) is 13.1 Å². The normalized spacial score (nSPS) is 20.4. The zero-order valence-electron chi connectivity index (χ0n) is 17.2. The van der Waals surface area contributed by atoms with Crippen LogP contribution in [0.3, 0.4) is 0 Å². The highest BCUT2D eigenvalue weighted by atomic mass is 16.6. The Bertz CT molecular complexity index is 646. The molecule has 2 atom stereocenters. The van der Waals surface area contributed by atoms with E-state index in [1.54, 1.807) is 4.90 Å². The van der Waals surface area contributed by atoms with Crippen LogP contribution in [0.2, 0.25) is 0 Å². The molecule has 150 valence electrons. The third kappa shape index (κ3) is 6.54. The van der Waals surface area contributed by atoms with Crippen molar-refractivity contribution in [1.82, 2.24) is 10.2 Å². The van der Waals surface area contributed by atoms with Crippen molar-refractivity contribution in [3.63, 3.8) is 0 Å². The van der Waals surface area contributed by atoms with E-state index >= 15 is 0 Å². The van der Waals surface area contributed by atoms with E-state index in [4.69, 9.17) is 9.47 Å². The van der Waals surface area contributed by atoms with Crippen LogP contribution in [0.15, 0.2) is 30.3 Å². The van der Waals surface area contributed by atoms with Crippen LogP contribution in [-0.4, -0.2) is 47.7 Å². The molecular weight excluding hydrogens is 344 g/mol. The van der Waals surface area contributed by atoms with Gasteiger partial charge in [-0.05, 0) is 26.3 Å². The predicted molar refractivity (Wildman–Crippen MR) is 104 cm³/mol. The molecule has 1 fully saturated rings. The number of carbonyl (C=O) groups excluding carboxylic acids is 2. The molecule has 6 heteroatoms. The number of carbonyl (C=O) groups is 2. The van der Waals surface area contributed by atoms with Gasteiger partial charge in [-0.3, -0.25) is 4.79 Å². The van der Waals surface area contributed by atoms with Crippen LogP contribution < -0.4 is 5.32 Å². The molecule has 1 aromatic carbocycles. The SMILES string of the molecule is CC(C)(C)O[C@@H]1CN(C(=O)OCc2ccccc2)C[C@H]1NC(=O)C(C)(C)C. The largest absolute Gasteiger partial charge is 0.445 e. The monoisotopic (exact) mass is 376 g/mol. The molecule has 0 bridgehead atoms. The highest BCUT2D eigenvalue weighted by molar-refractivity contribution is 5.82. The fraction of sp³-hybridized carbons (Fsp3) is 0.619. The number of rotatable bonds is 4. The summed E-state index contributed by atoms with van der Waals surface area (Å²) in [6.07, 6.45) is -0.672. The topological polar surface area (TPSA) is 67.9 Å². The Hall–Kier alpha value is -2.08. The maximum Gasteiger partial charge on any atom is 0.410 e. The summed E-state index contributed by atoms with van der Waals surface area (Å²) in [5, 5.41) is 3.04. The molecule has 1 aromatic rings. The lowest BCUT2D eigenvalue weighted by molar-refractivity contribution is -0.131. The van der Waals surface area contributed by atoms with E-state index < -0.39 is 11.5 Å². The van der Waals surface area contributed by atoms with E-state index in [-0.39, 0.29) is 30.3 Å². The Labute approximate surface area is 162 Å². The molecule has 0 saturated carbocycles. The smallest absolute Gasteiger partial charge is 0.410 e. The highest BCUT2D eigenvalue weighted by Crippen LogP contribution is 2.23. The van der Waals surface area contributed by atoms with Gasteiger partial charge in [-0.1, -0.05) is 51.1 Å². The number of nitrogens with one attached hydrogen (secondary N) is 1. The number of likely N-dealkylation sites (tertiary alicyclic amines) is 1. The molecule has 0 radical (unpaired) electrons. The summed E-state index contributed by atoms with van der Waals surface area (Å²) >= 11 is 0. The van der Waals surface area contributed by atoms with Crippen molar-refractivity contribution in [3.8, 4) is 0 Å². The van der Waals surface area contributed by atoms with Gasteiger partial charge in [0.05, 0.1) is 24.3 Å². The zero-order valence-corrected chi connectivity index (χ0v) is 17.2. The molecule has 2 amide bonds. The quantitative estimate of drug-likeness (QED) is 0.875. The molecule has 0 aromatic heterocycles. The molecule has 2 rings (SSSR count). The van der Waals surface area contributed by atoms with E-state index in [1.165, 1.54) is 0 Å². The molecular formula is C21H32N2O4. The van der Waals surface area contributed by atoms with Crippen LogP contribution in [0, 0.1) is 5.41 Å². The maximum absolute atomic E-state index is 12.5. The predicted octanol–water partition coefficient (Wildman–Crippen LogP) is 3.35. The molecule has 6 nitrogen and oxygen atoms in total. The minimum absolute atomic E-state index is 0.0606. The summed E-state index contributed by atoms with van der Waals surface area (Å²) in [4.78, 5) is 26.5. The summed E-state index contributed by atoms with van der Waals surface area (Å²) in [6, 6.07) is 9.29. The van der Waals surface area contributed by atoms with Crippen molar-refractivity contribution in [3.05, 3.63) is 35.9 Å². The van der Waals surface area contributed by atoms with Crippen LogP contribution >= 0.6 is 0 Å². The first-order chi connectivity index (χ1) is 12.5. The summed E-state index contributed by atoms with van der Waals surface area (Å²) in [6.45, 7) is 12.5. The second-order valence-electron chi connectivity index (χ2n) is 9.04. The lowest BCUT2D eigenvalue weighted by Gasteiger charge is -2.30. The number of ether oxygens (including phenoxy) is 2. The Kier molecular flexibility index (Phi) is 6.52. The molecule has 1 saturated heterocycles. The second kappa shape index (κ2) is 8.30. The lowest BCUT2D eigenvalue weighted by Crippen LogP contribution is -2.49. The summed E-state index contributed by atoms with van der Waals surface area (Å²) < 4.78 is 11.5. The standard InChI is InChI=1S/C21H32N2O4/c1-20(2,3)18(24)22-16-12-23(13-17(16)27-21(4,5)6)19(25)26-14-15-10-8-7-9-11-15/h7-11,16-17H,12-14H2,1-6H3,(H,22,24)/t16-,17-/m1/s1. The summed E-state index contributed by atoms with van der Waals surface area (Å²) in [5.41, 5.74) is 0.0532. The van der Waals surface area contributed by atoms with Crippen LogP contribution in [-0.2, 0) is 20.9 Å². The number of amides is 2. The van der Waals surface area contributed by atoms with E-state index in [1.807, 2.05) is 71.9 Å². The summed E-state index contributed by atoms with van der Waals surface area (Å²) in [5.74, 6) is -0.0606. The van der Waals surface area contributed by atoms with Crippen molar-refractivity contribution >= 4 is 12.0 Å². The van der Waals surface area contributed by atoms with Crippen LogP contribution in [0.1, 0.15) is 47.1 Å². The Morgan fingerprint density at radius 1 is 1.07 bits per heavy atom. The van der Waals surface area contributed by atoms with Gasteiger partial charge in [0.2, 0.25) is 5.91 Å². The van der Waals surface area contributed by atoms with E-state index in [9.17, 15) is 9.59 Å². The fourth-order valence-electron chi connectivity index (χ4n) is 2.83. The van der Waals surface area contributed by atoms with Crippen LogP contribution in [0.4, 0.5) is 4.79 Å². The minimum atomic E-state index is -0.506. The third-order valence-corrected chi connectivity index (χ3v) is 4.23. The number of benzene rings is 1.